The smallest absolute Gasteiger partial charge is 0.165 e. The van der Waals surface area contributed by atoms with E-state index in [0.29, 0.717) is 4.75 Å². The highest BCUT2D eigenvalue weighted by Crippen LogP contribution is 2.48. The second-order valence-electron chi connectivity index (χ2n) is 3.92. The van der Waals surface area contributed by atoms with Gasteiger partial charge in [-0.2, -0.15) is 11.8 Å². The fourth-order valence-corrected chi connectivity index (χ4v) is 2.31. The van der Waals surface area contributed by atoms with E-state index in [-0.39, 0.29) is 0 Å². The SMILES string of the molecule is CCNCc1nnnn1CC1(SC)CC1. The van der Waals surface area contributed by atoms with Gasteiger partial charge in [-0.15, -0.1) is 5.10 Å². The third kappa shape index (κ3) is 2.49. The van der Waals surface area contributed by atoms with Crippen LogP contribution in [-0.2, 0) is 13.1 Å². The van der Waals surface area contributed by atoms with Gasteiger partial charge < -0.3 is 5.32 Å². The summed E-state index contributed by atoms with van der Waals surface area (Å²) in [6, 6.07) is 0. The summed E-state index contributed by atoms with van der Waals surface area (Å²) >= 11 is 1.93. The second-order valence-corrected chi connectivity index (χ2v) is 5.19. The third-order valence-electron chi connectivity index (χ3n) is 2.82. The zero-order valence-electron chi connectivity index (χ0n) is 9.23. The molecule has 1 N–H and O–H groups in total. The molecule has 1 saturated carbocycles. The lowest BCUT2D eigenvalue weighted by atomic mass is 10.4. The van der Waals surface area contributed by atoms with Crippen LogP contribution < -0.4 is 5.32 Å². The summed E-state index contributed by atoms with van der Waals surface area (Å²) in [6.45, 7) is 4.73. The molecule has 15 heavy (non-hydrogen) atoms. The van der Waals surface area contributed by atoms with E-state index in [0.717, 1.165) is 25.5 Å². The van der Waals surface area contributed by atoms with Crippen LogP contribution >= 0.6 is 11.8 Å². The zero-order valence-corrected chi connectivity index (χ0v) is 10.0. The Bertz CT molecular complexity index is 320. The summed E-state index contributed by atoms with van der Waals surface area (Å²) in [5.41, 5.74) is 0. The van der Waals surface area contributed by atoms with E-state index < -0.39 is 0 Å². The van der Waals surface area contributed by atoms with Crippen molar-refractivity contribution in [2.75, 3.05) is 12.8 Å². The van der Waals surface area contributed by atoms with Crippen LogP contribution in [0.4, 0.5) is 0 Å². The molecule has 0 radical (unpaired) electrons. The number of rotatable bonds is 6. The average molecular weight is 227 g/mol. The van der Waals surface area contributed by atoms with Gasteiger partial charge in [0.05, 0.1) is 13.1 Å². The lowest BCUT2D eigenvalue weighted by Crippen LogP contribution is -2.21. The van der Waals surface area contributed by atoms with Crippen molar-refractivity contribution < 1.29 is 0 Å². The molecule has 6 heteroatoms. The summed E-state index contributed by atoms with van der Waals surface area (Å²) in [5.74, 6) is 0.942. The monoisotopic (exact) mass is 227 g/mol. The van der Waals surface area contributed by atoms with Crippen molar-refractivity contribution in [2.24, 2.45) is 0 Å². The van der Waals surface area contributed by atoms with Crippen molar-refractivity contribution in [3.63, 3.8) is 0 Å². The number of thioether (sulfide) groups is 1. The molecule has 84 valence electrons. The van der Waals surface area contributed by atoms with E-state index in [1.54, 1.807) is 0 Å². The molecule has 0 atom stereocenters. The molecule has 5 nitrogen and oxygen atoms in total. The highest BCUT2D eigenvalue weighted by Gasteiger charge is 2.43. The van der Waals surface area contributed by atoms with Crippen molar-refractivity contribution in [3.8, 4) is 0 Å². The highest BCUT2D eigenvalue weighted by atomic mass is 32.2. The van der Waals surface area contributed by atoms with Gasteiger partial charge in [-0.25, -0.2) is 4.68 Å². The normalized spacial score (nSPS) is 18.0. The lowest BCUT2D eigenvalue weighted by Gasteiger charge is -2.12. The fourth-order valence-electron chi connectivity index (χ4n) is 1.55. The number of tetrazole rings is 1. The summed E-state index contributed by atoms with van der Waals surface area (Å²) in [4.78, 5) is 0. The van der Waals surface area contributed by atoms with Crippen LogP contribution in [0, 0.1) is 0 Å². The minimum atomic E-state index is 0.413. The van der Waals surface area contributed by atoms with Gasteiger partial charge in [-0.3, -0.25) is 0 Å². The number of hydrogen-bond donors (Lipinski definition) is 1. The molecule has 1 aromatic rings. The summed E-state index contributed by atoms with van der Waals surface area (Å²) in [7, 11) is 0. The van der Waals surface area contributed by atoms with E-state index in [9.17, 15) is 0 Å². The molecular weight excluding hydrogens is 210 g/mol. The van der Waals surface area contributed by atoms with Crippen molar-refractivity contribution in [1.82, 2.24) is 25.5 Å². The Morgan fingerprint density at radius 3 is 2.93 bits per heavy atom. The van der Waals surface area contributed by atoms with Crippen molar-refractivity contribution in [2.45, 2.75) is 37.6 Å². The largest absolute Gasteiger partial charge is 0.310 e. The molecule has 0 unspecified atom stereocenters. The molecule has 1 aromatic heterocycles. The number of hydrogen-bond acceptors (Lipinski definition) is 5. The predicted molar refractivity (Wildman–Crippen MR) is 60.7 cm³/mol. The minimum Gasteiger partial charge on any atom is -0.310 e. The van der Waals surface area contributed by atoms with E-state index in [2.05, 4.69) is 34.0 Å². The van der Waals surface area contributed by atoms with Gasteiger partial charge in [0.1, 0.15) is 0 Å². The van der Waals surface area contributed by atoms with Crippen LogP contribution in [0.15, 0.2) is 0 Å². The Kier molecular flexibility index (Phi) is 3.25. The average Bonchev–Trinajstić information content (AvgIpc) is 2.89. The van der Waals surface area contributed by atoms with Gasteiger partial charge in [0.25, 0.3) is 0 Å². The number of nitrogens with one attached hydrogen (secondary N) is 1. The van der Waals surface area contributed by atoms with E-state index in [1.807, 2.05) is 16.4 Å². The topological polar surface area (TPSA) is 55.6 Å². The van der Waals surface area contributed by atoms with Gasteiger partial charge in [-0.05, 0) is 36.1 Å². The van der Waals surface area contributed by atoms with Crippen LogP contribution in [0.5, 0.6) is 0 Å². The van der Waals surface area contributed by atoms with Gasteiger partial charge in [0.2, 0.25) is 0 Å². The molecular formula is C9H17N5S. The maximum Gasteiger partial charge on any atom is 0.165 e. The van der Waals surface area contributed by atoms with E-state index in [1.165, 1.54) is 12.8 Å². The van der Waals surface area contributed by atoms with Crippen LogP contribution in [0.1, 0.15) is 25.6 Å². The number of aromatic nitrogens is 4. The van der Waals surface area contributed by atoms with Gasteiger partial charge >= 0.3 is 0 Å². The molecule has 1 aliphatic carbocycles. The van der Waals surface area contributed by atoms with Gasteiger partial charge in [-0.1, -0.05) is 6.92 Å². The maximum atomic E-state index is 4.04. The summed E-state index contributed by atoms with van der Waals surface area (Å²) in [6.07, 6.45) is 4.74. The van der Waals surface area contributed by atoms with Crippen molar-refractivity contribution in [3.05, 3.63) is 5.82 Å². The molecule has 1 fully saturated rings. The second kappa shape index (κ2) is 4.49. The fraction of sp³-hybridized carbons (Fsp3) is 0.889. The molecule has 0 bridgehead atoms. The first kappa shape index (κ1) is 10.9. The van der Waals surface area contributed by atoms with Crippen molar-refractivity contribution >= 4 is 11.8 Å². The van der Waals surface area contributed by atoms with E-state index in [4.69, 9.17) is 0 Å². The highest BCUT2D eigenvalue weighted by molar-refractivity contribution is 8.00. The van der Waals surface area contributed by atoms with Crippen LogP contribution in [0.25, 0.3) is 0 Å². The molecule has 0 aliphatic heterocycles. The van der Waals surface area contributed by atoms with Crippen LogP contribution in [-0.4, -0.2) is 37.8 Å². The third-order valence-corrected chi connectivity index (χ3v) is 4.22. The molecule has 1 aliphatic rings. The Morgan fingerprint density at radius 2 is 2.33 bits per heavy atom. The lowest BCUT2D eigenvalue weighted by molar-refractivity contribution is 0.529. The first-order valence-corrected chi connectivity index (χ1v) is 6.53. The Morgan fingerprint density at radius 1 is 1.53 bits per heavy atom. The summed E-state index contributed by atoms with van der Waals surface area (Å²) < 4.78 is 2.35. The Balaban J connectivity index is 1.98. The Labute approximate surface area is 94.0 Å². The van der Waals surface area contributed by atoms with Crippen LogP contribution in [0.3, 0.4) is 0 Å². The molecule has 0 amide bonds. The van der Waals surface area contributed by atoms with E-state index >= 15 is 0 Å². The van der Waals surface area contributed by atoms with Gasteiger partial charge in [0.15, 0.2) is 5.82 Å². The zero-order chi connectivity index (χ0) is 10.7. The standard InChI is InChI=1S/C9H17N5S/c1-3-10-6-8-11-12-13-14(8)7-9(15-2)4-5-9/h10H,3-7H2,1-2H3. The first-order valence-electron chi connectivity index (χ1n) is 5.30. The van der Waals surface area contributed by atoms with Gasteiger partial charge in [0, 0.05) is 4.75 Å². The van der Waals surface area contributed by atoms with Crippen molar-refractivity contribution in [1.29, 1.82) is 0 Å². The molecule has 0 spiro atoms. The molecule has 2 rings (SSSR count). The quantitative estimate of drug-likeness (QED) is 0.774. The minimum absolute atomic E-state index is 0.413. The molecule has 0 aromatic carbocycles. The first-order chi connectivity index (χ1) is 7.29. The predicted octanol–water partition coefficient (Wildman–Crippen LogP) is 0.678. The van der Waals surface area contributed by atoms with Crippen LogP contribution in [0.2, 0.25) is 0 Å². The maximum absolute atomic E-state index is 4.04. The summed E-state index contributed by atoms with van der Waals surface area (Å²) in [5, 5.41) is 15.1. The number of nitrogens with zero attached hydrogens (tertiary/aromatic N) is 4. The molecule has 0 saturated heterocycles. The molecule has 1 heterocycles. The Hall–Kier alpha value is -0.620.